The molecule has 2 aliphatic rings. The number of hydrogen-bond acceptors (Lipinski definition) is 4. The molecule has 3 N–H and O–H groups in total. The predicted molar refractivity (Wildman–Crippen MR) is 122 cm³/mol. The van der Waals surface area contributed by atoms with E-state index in [9.17, 15) is 19.2 Å². The van der Waals surface area contributed by atoms with Crippen LogP contribution in [-0.4, -0.2) is 39.6 Å². The van der Waals surface area contributed by atoms with Gasteiger partial charge in [0.15, 0.2) is 0 Å². The summed E-state index contributed by atoms with van der Waals surface area (Å²) in [6.07, 6.45) is 5.68. The van der Waals surface area contributed by atoms with Gasteiger partial charge in [0.2, 0.25) is 17.7 Å². The maximum atomic E-state index is 12.8. The summed E-state index contributed by atoms with van der Waals surface area (Å²) < 4.78 is 0. The highest BCUT2D eigenvalue weighted by Gasteiger charge is 2.39. The van der Waals surface area contributed by atoms with E-state index in [0.29, 0.717) is 25.1 Å². The molecule has 1 atom stereocenters. The zero-order chi connectivity index (χ0) is 22.9. The van der Waals surface area contributed by atoms with Crippen molar-refractivity contribution in [2.75, 3.05) is 0 Å². The average Bonchev–Trinajstić information content (AvgIpc) is 3.37. The molecule has 3 heterocycles. The van der Waals surface area contributed by atoms with Crippen molar-refractivity contribution in [3.05, 3.63) is 77.0 Å². The Labute approximate surface area is 189 Å². The number of carbonyl (C=O) groups excluding carboxylic acids is 4. The molecule has 3 aromatic rings. The van der Waals surface area contributed by atoms with Crippen LogP contribution in [-0.2, 0) is 27.5 Å². The second kappa shape index (κ2) is 8.38. The van der Waals surface area contributed by atoms with Crippen molar-refractivity contribution in [1.29, 1.82) is 0 Å². The number of H-pyrrole nitrogens is 1. The number of rotatable bonds is 5. The molecule has 2 aromatic carbocycles. The lowest BCUT2D eigenvalue weighted by molar-refractivity contribution is -0.137. The van der Waals surface area contributed by atoms with Gasteiger partial charge in [-0.05, 0) is 41.3 Å². The number of piperidine rings is 1. The Kier molecular flexibility index (Phi) is 5.26. The average molecular weight is 442 g/mol. The van der Waals surface area contributed by atoms with Gasteiger partial charge in [0, 0.05) is 48.2 Å². The number of nitrogens with one attached hydrogen (secondary N) is 3. The van der Waals surface area contributed by atoms with Gasteiger partial charge in [0.05, 0.1) is 0 Å². The largest absolute Gasteiger partial charge is 0.361 e. The van der Waals surface area contributed by atoms with E-state index >= 15 is 0 Å². The highest BCUT2D eigenvalue weighted by atomic mass is 16.2. The number of fused-ring (bicyclic) bond motifs is 2. The molecule has 1 saturated heterocycles. The SMILES string of the molecule is O=C(C=Cc1c[nH]c2ccccc12)NCc1ccc2c(c1)CN(C1CCC(=O)NC1=O)C2=O. The van der Waals surface area contributed by atoms with E-state index in [1.54, 1.807) is 18.2 Å². The van der Waals surface area contributed by atoms with Crippen LogP contribution in [0.3, 0.4) is 0 Å². The van der Waals surface area contributed by atoms with Crippen LogP contribution in [0, 0.1) is 0 Å². The Balaban J connectivity index is 1.22. The molecule has 0 radical (unpaired) electrons. The Hall–Kier alpha value is -4.20. The zero-order valence-electron chi connectivity index (χ0n) is 17.8. The van der Waals surface area contributed by atoms with Crippen LogP contribution in [0.5, 0.6) is 0 Å². The number of aromatic nitrogens is 1. The maximum absolute atomic E-state index is 12.8. The van der Waals surface area contributed by atoms with Crippen LogP contribution in [0.1, 0.15) is 39.9 Å². The molecule has 5 rings (SSSR count). The second-order valence-electron chi connectivity index (χ2n) is 8.23. The van der Waals surface area contributed by atoms with E-state index in [4.69, 9.17) is 0 Å². The van der Waals surface area contributed by atoms with Gasteiger partial charge in [-0.15, -0.1) is 0 Å². The first-order chi connectivity index (χ1) is 16.0. The first kappa shape index (κ1) is 20.7. The number of hydrogen-bond donors (Lipinski definition) is 3. The summed E-state index contributed by atoms with van der Waals surface area (Å²) in [6, 6.07) is 12.6. The third kappa shape index (κ3) is 4.03. The van der Waals surface area contributed by atoms with Gasteiger partial charge >= 0.3 is 0 Å². The number of aromatic amines is 1. The van der Waals surface area contributed by atoms with Crippen molar-refractivity contribution in [3.63, 3.8) is 0 Å². The van der Waals surface area contributed by atoms with Crippen LogP contribution in [0.4, 0.5) is 0 Å². The van der Waals surface area contributed by atoms with Crippen molar-refractivity contribution >= 4 is 40.6 Å². The van der Waals surface area contributed by atoms with Gasteiger partial charge in [-0.3, -0.25) is 24.5 Å². The molecular weight excluding hydrogens is 420 g/mol. The topological polar surface area (TPSA) is 111 Å². The summed E-state index contributed by atoms with van der Waals surface area (Å²) >= 11 is 0. The number of para-hydroxylation sites is 1. The molecule has 8 nitrogen and oxygen atoms in total. The van der Waals surface area contributed by atoms with Gasteiger partial charge in [0.25, 0.3) is 5.91 Å². The molecule has 1 fully saturated rings. The lowest BCUT2D eigenvalue weighted by Gasteiger charge is -2.29. The quantitative estimate of drug-likeness (QED) is 0.416. The molecule has 166 valence electrons. The minimum absolute atomic E-state index is 0.211. The van der Waals surface area contributed by atoms with Crippen LogP contribution < -0.4 is 10.6 Å². The van der Waals surface area contributed by atoms with E-state index in [0.717, 1.165) is 27.6 Å². The summed E-state index contributed by atoms with van der Waals surface area (Å²) in [5.74, 6) is -1.17. The minimum atomic E-state index is -0.639. The maximum Gasteiger partial charge on any atom is 0.255 e. The van der Waals surface area contributed by atoms with Crippen molar-refractivity contribution in [3.8, 4) is 0 Å². The summed E-state index contributed by atoms with van der Waals surface area (Å²) in [7, 11) is 0. The third-order valence-electron chi connectivity index (χ3n) is 6.09. The zero-order valence-corrected chi connectivity index (χ0v) is 17.8. The minimum Gasteiger partial charge on any atom is -0.361 e. The fourth-order valence-corrected chi connectivity index (χ4v) is 4.38. The first-order valence-electron chi connectivity index (χ1n) is 10.8. The summed E-state index contributed by atoms with van der Waals surface area (Å²) in [5.41, 5.74) is 4.17. The van der Waals surface area contributed by atoms with E-state index in [1.807, 2.05) is 36.5 Å². The molecule has 1 aromatic heterocycles. The number of amides is 4. The monoisotopic (exact) mass is 442 g/mol. The molecule has 4 amide bonds. The molecule has 33 heavy (non-hydrogen) atoms. The highest BCUT2D eigenvalue weighted by Crippen LogP contribution is 2.28. The molecule has 1 unspecified atom stereocenters. The lowest BCUT2D eigenvalue weighted by Crippen LogP contribution is -2.52. The third-order valence-corrected chi connectivity index (χ3v) is 6.09. The summed E-state index contributed by atoms with van der Waals surface area (Å²) in [4.78, 5) is 53.3. The van der Waals surface area contributed by atoms with Gasteiger partial charge in [0.1, 0.15) is 6.04 Å². The van der Waals surface area contributed by atoms with Crippen molar-refractivity contribution < 1.29 is 19.2 Å². The Morgan fingerprint density at radius 1 is 1.15 bits per heavy atom. The van der Waals surface area contributed by atoms with Crippen LogP contribution in [0.25, 0.3) is 17.0 Å². The standard InChI is InChI=1S/C25H22N4O4/c30-22(9-6-16-13-26-20-4-2-1-3-18(16)20)27-12-15-5-7-19-17(11-15)14-29(25(19)33)21-8-10-23(31)28-24(21)32/h1-7,9,11,13,21,26H,8,10,12,14H2,(H,27,30)(H,28,31,32). The Morgan fingerprint density at radius 3 is 2.85 bits per heavy atom. The summed E-state index contributed by atoms with van der Waals surface area (Å²) in [6.45, 7) is 0.625. The van der Waals surface area contributed by atoms with E-state index in [1.165, 1.54) is 11.0 Å². The van der Waals surface area contributed by atoms with Crippen molar-refractivity contribution in [2.45, 2.75) is 32.0 Å². The van der Waals surface area contributed by atoms with E-state index in [-0.39, 0.29) is 24.1 Å². The van der Waals surface area contributed by atoms with Gasteiger partial charge in [-0.25, -0.2) is 0 Å². The predicted octanol–water partition coefficient (Wildman–Crippen LogP) is 2.26. The van der Waals surface area contributed by atoms with Crippen molar-refractivity contribution in [2.24, 2.45) is 0 Å². The number of imide groups is 1. The normalized spacial score (nSPS) is 18.1. The van der Waals surface area contributed by atoms with Gasteiger partial charge in [-0.1, -0.05) is 30.3 Å². The first-order valence-corrected chi connectivity index (χ1v) is 10.8. The number of benzene rings is 2. The lowest BCUT2D eigenvalue weighted by atomic mass is 10.0. The molecule has 0 aliphatic carbocycles. The van der Waals surface area contributed by atoms with E-state index in [2.05, 4.69) is 15.6 Å². The van der Waals surface area contributed by atoms with Gasteiger partial charge < -0.3 is 15.2 Å². The van der Waals surface area contributed by atoms with Crippen LogP contribution in [0.2, 0.25) is 0 Å². The number of carbonyl (C=O) groups is 4. The highest BCUT2D eigenvalue weighted by molar-refractivity contribution is 6.05. The fraction of sp³-hybridized carbons (Fsp3) is 0.200. The Morgan fingerprint density at radius 2 is 2.00 bits per heavy atom. The van der Waals surface area contributed by atoms with Gasteiger partial charge in [-0.2, -0.15) is 0 Å². The molecule has 0 saturated carbocycles. The summed E-state index contributed by atoms with van der Waals surface area (Å²) in [5, 5.41) is 6.21. The van der Waals surface area contributed by atoms with Crippen LogP contribution >= 0.6 is 0 Å². The fourth-order valence-electron chi connectivity index (χ4n) is 4.38. The molecule has 0 bridgehead atoms. The smallest absolute Gasteiger partial charge is 0.255 e. The van der Waals surface area contributed by atoms with Crippen LogP contribution in [0.15, 0.2) is 54.7 Å². The number of nitrogens with zero attached hydrogens (tertiary/aromatic N) is 1. The molecule has 0 spiro atoms. The molecule has 8 heteroatoms. The molecular formula is C25H22N4O4. The molecule has 2 aliphatic heterocycles. The Bertz CT molecular complexity index is 1320. The second-order valence-corrected chi connectivity index (χ2v) is 8.23. The van der Waals surface area contributed by atoms with E-state index < -0.39 is 11.9 Å². The van der Waals surface area contributed by atoms with Crippen molar-refractivity contribution in [1.82, 2.24) is 20.5 Å².